The zero-order valence-corrected chi connectivity index (χ0v) is 29.3. The van der Waals surface area contributed by atoms with E-state index in [0.717, 1.165) is 41.6 Å². The van der Waals surface area contributed by atoms with Crippen molar-refractivity contribution in [3.63, 3.8) is 0 Å². The number of thiol groups is 1. The molecule has 0 saturated carbocycles. The van der Waals surface area contributed by atoms with Gasteiger partial charge in [0.05, 0.1) is 17.9 Å². The van der Waals surface area contributed by atoms with Crippen molar-refractivity contribution in [1.82, 2.24) is 20.2 Å². The number of hydrogen-bond acceptors (Lipinski definition) is 7. The predicted molar refractivity (Wildman–Crippen MR) is 195 cm³/mol. The van der Waals surface area contributed by atoms with Crippen molar-refractivity contribution in [2.75, 3.05) is 0 Å². The Balaban J connectivity index is 1.36. The average Bonchev–Trinajstić information content (AvgIpc) is 3.56. The standard InChI is InChI=1S/C38H50N4O3S2/c1-2-3-4-5-6-7-8-9-10-14-25-36(47-38-39-40-41-42(38)30-20-12-11-13-21-30)35(44)27-26-31(43)28-29-19-15-16-22-32(29)33-23-17-18-24-34(33)37(45)46/h11-13,15-24,31,35-36,43-44H,2-10,14,25-28H2,1H3,(H,45,46). The molecule has 0 aliphatic rings. The predicted octanol–water partition coefficient (Wildman–Crippen LogP) is 8.92. The van der Waals surface area contributed by atoms with Crippen LogP contribution in [0.3, 0.4) is 0 Å². The second-order valence-corrected chi connectivity index (χ2v) is 14.0. The van der Waals surface area contributed by atoms with Crippen molar-refractivity contribution in [2.24, 2.45) is 0 Å². The van der Waals surface area contributed by atoms with Crippen molar-refractivity contribution in [2.45, 2.75) is 119 Å². The molecule has 0 spiro atoms. The van der Waals surface area contributed by atoms with Gasteiger partial charge in [-0.15, -0.1) is 17.7 Å². The summed E-state index contributed by atoms with van der Waals surface area (Å²) in [6.45, 7) is 2.25. The van der Waals surface area contributed by atoms with Crippen LogP contribution in [0.2, 0.25) is 0 Å². The molecule has 3 atom stereocenters. The third-order valence-electron chi connectivity index (χ3n) is 8.69. The fraction of sp³-hybridized carbons (Fsp3) is 0.474. The Labute approximate surface area is 290 Å². The first-order valence-electron chi connectivity index (χ1n) is 17.2. The monoisotopic (exact) mass is 674 g/mol. The van der Waals surface area contributed by atoms with E-state index < -0.39 is 12.2 Å². The lowest BCUT2D eigenvalue weighted by Crippen LogP contribution is -2.26. The van der Waals surface area contributed by atoms with Gasteiger partial charge in [0.25, 0.3) is 0 Å². The minimum Gasteiger partial charge on any atom is -0.393 e. The number of hydrogen-bond donors (Lipinski definition) is 3. The molecule has 0 aliphatic heterocycles. The van der Waals surface area contributed by atoms with Crippen LogP contribution in [0.25, 0.3) is 16.8 Å². The molecule has 3 unspecified atom stereocenters. The van der Waals surface area contributed by atoms with Crippen LogP contribution in [0.5, 0.6) is 0 Å². The lowest BCUT2D eigenvalue weighted by molar-refractivity contribution is 0.109. The van der Waals surface area contributed by atoms with Gasteiger partial charge in [-0.1, -0.05) is 144 Å². The number of aliphatic hydroxyl groups excluding tert-OH is 2. The summed E-state index contributed by atoms with van der Waals surface area (Å²) < 4.78 is 1.72. The molecule has 252 valence electrons. The molecule has 1 aromatic heterocycles. The summed E-state index contributed by atoms with van der Waals surface area (Å²) in [4.78, 5) is 12.2. The number of thioether (sulfide) groups is 1. The first kappa shape index (κ1) is 36.8. The lowest BCUT2D eigenvalue weighted by atomic mass is 9.92. The summed E-state index contributed by atoms with van der Waals surface area (Å²) in [6, 6.07) is 25.1. The maximum atomic E-state index is 12.2. The third-order valence-corrected chi connectivity index (χ3v) is 10.2. The van der Waals surface area contributed by atoms with Gasteiger partial charge in [0, 0.05) is 10.8 Å². The quantitative estimate of drug-likeness (QED) is 0.0435. The second kappa shape index (κ2) is 20.4. The van der Waals surface area contributed by atoms with Gasteiger partial charge in [0.15, 0.2) is 0 Å². The van der Waals surface area contributed by atoms with Crippen LogP contribution in [0.1, 0.15) is 106 Å². The van der Waals surface area contributed by atoms with E-state index in [1.165, 1.54) is 63.1 Å². The number of aromatic nitrogens is 4. The Hall–Kier alpha value is -2.98. The molecule has 0 fully saturated rings. The number of unbranched alkanes of at least 4 members (excludes halogenated alkanes) is 9. The maximum Gasteiger partial charge on any atom is 0.216 e. The van der Waals surface area contributed by atoms with E-state index in [0.29, 0.717) is 30.0 Å². The molecule has 2 N–H and O–H groups in total. The Bertz CT molecular complexity index is 1480. The molecule has 3 aromatic carbocycles. The lowest BCUT2D eigenvalue weighted by Gasteiger charge is -2.23. The van der Waals surface area contributed by atoms with Gasteiger partial charge in [-0.25, -0.2) is 0 Å². The van der Waals surface area contributed by atoms with Crippen LogP contribution in [0.4, 0.5) is 0 Å². The van der Waals surface area contributed by atoms with Crippen molar-refractivity contribution in [1.29, 1.82) is 0 Å². The summed E-state index contributed by atoms with van der Waals surface area (Å²) in [5, 5.41) is 35.4. The number of nitrogens with zero attached hydrogens (tertiary/aromatic N) is 4. The van der Waals surface area contributed by atoms with Gasteiger partial charge in [-0.3, -0.25) is 4.79 Å². The van der Waals surface area contributed by atoms with Crippen LogP contribution in [0.15, 0.2) is 84.0 Å². The summed E-state index contributed by atoms with van der Waals surface area (Å²) in [5.74, 6) is 0. The molecule has 47 heavy (non-hydrogen) atoms. The van der Waals surface area contributed by atoms with Crippen LogP contribution < -0.4 is 0 Å². The number of carbonyl (C=O) groups is 1. The van der Waals surface area contributed by atoms with Crippen LogP contribution in [0, 0.1) is 0 Å². The highest BCUT2D eigenvalue weighted by molar-refractivity contribution is 7.99. The van der Waals surface area contributed by atoms with Gasteiger partial charge < -0.3 is 10.2 Å². The number of para-hydroxylation sites is 1. The van der Waals surface area contributed by atoms with Crippen LogP contribution in [-0.4, -0.2) is 53.0 Å². The Morgan fingerprint density at radius 2 is 1.38 bits per heavy atom. The van der Waals surface area contributed by atoms with E-state index >= 15 is 0 Å². The number of rotatable bonds is 22. The number of tetrazole rings is 1. The fourth-order valence-corrected chi connectivity index (χ4v) is 7.42. The Morgan fingerprint density at radius 1 is 0.766 bits per heavy atom. The van der Waals surface area contributed by atoms with E-state index in [1.54, 1.807) is 10.7 Å². The molecule has 4 rings (SSSR count). The summed E-state index contributed by atoms with van der Waals surface area (Å²) in [5.41, 5.74) is 4.09. The summed E-state index contributed by atoms with van der Waals surface area (Å²) in [6.07, 6.45) is 13.5. The van der Waals surface area contributed by atoms with E-state index in [9.17, 15) is 15.0 Å². The van der Waals surface area contributed by atoms with Crippen molar-refractivity contribution in [3.05, 3.63) is 90.0 Å². The van der Waals surface area contributed by atoms with Gasteiger partial charge in [0.1, 0.15) is 0 Å². The molecule has 1 heterocycles. The molecule has 0 aliphatic carbocycles. The molecular weight excluding hydrogens is 625 g/mol. The highest BCUT2D eigenvalue weighted by Gasteiger charge is 2.25. The smallest absolute Gasteiger partial charge is 0.216 e. The number of aliphatic hydroxyl groups is 2. The molecule has 0 saturated heterocycles. The van der Waals surface area contributed by atoms with E-state index in [-0.39, 0.29) is 10.4 Å². The molecule has 4 aromatic rings. The van der Waals surface area contributed by atoms with Gasteiger partial charge in [0.2, 0.25) is 10.3 Å². The second-order valence-electron chi connectivity index (χ2n) is 12.3. The van der Waals surface area contributed by atoms with Gasteiger partial charge in [-0.2, -0.15) is 4.68 Å². The molecule has 0 bridgehead atoms. The van der Waals surface area contributed by atoms with Crippen molar-refractivity contribution in [3.8, 4) is 16.8 Å². The van der Waals surface area contributed by atoms with Crippen LogP contribution in [-0.2, 0) is 6.42 Å². The highest BCUT2D eigenvalue weighted by Crippen LogP contribution is 2.32. The molecule has 9 heteroatoms. The summed E-state index contributed by atoms with van der Waals surface area (Å²) in [7, 11) is 0. The van der Waals surface area contributed by atoms with Crippen molar-refractivity contribution < 1.29 is 15.0 Å². The summed E-state index contributed by atoms with van der Waals surface area (Å²) >= 11 is 5.59. The minimum atomic E-state index is -0.651. The molecule has 0 amide bonds. The zero-order valence-electron chi connectivity index (χ0n) is 27.6. The normalized spacial score (nSPS) is 13.4. The van der Waals surface area contributed by atoms with Crippen LogP contribution >= 0.6 is 24.4 Å². The first-order chi connectivity index (χ1) is 23.0. The fourth-order valence-electron chi connectivity index (χ4n) is 6.05. The Kier molecular flexibility index (Phi) is 16.0. The largest absolute Gasteiger partial charge is 0.393 e. The molecule has 7 nitrogen and oxygen atoms in total. The highest BCUT2D eigenvalue weighted by atomic mass is 32.2. The molecular formula is C38H50N4O3S2. The average molecular weight is 675 g/mol. The molecule has 0 radical (unpaired) electrons. The minimum absolute atomic E-state index is 0.106. The van der Waals surface area contributed by atoms with E-state index in [2.05, 4.69) is 35.1 Å². The van der Waals surface area contributed by atoms with Crippen molar-refractivity contribution >= 4 is 29.5 Å². The van der Waals surface area contributed by atoms with E-state index in [4.69, 9.17) is 0 Å². The zero-order chi connectivity index (χ0) is 33.3. The number of benzene rings is 3. The topological polar surface area (TPSA) is 101 Å². The van der Waals surface area contributed by atoms with E-state index in [1.807, 2.05) is 72.8 Å². The third kappa shape index (κ3) is 11.9. The SMILES string of the molecule is CCCCCCCCCCCCC(Sc1nnnn1-c1ccccc1)C(O)CCC(O)Cc1ccccc1-c1ccccc1C(=O)S. The van der Waals surface area contributed by atoms with Gasteiger partial charge in [-0.05, 0) is 71.0 Å². The first-order valence-corrected chi connectivity index (χ1v) is 18.6. The Morgan fingerprint density at radius 3 is 2.09 bits per heavy atom. The maximum absolute atomic E-state index is 12.2. The number of carbonyl (C=O) groups excluding carboxylic acids is 1. The van der Waals surface area contributed by atoms with Gasteiger partial charge >= 0.3 is 0 Å².